The molecule has 0 aliphatic heterocycles. The molecule has 0 bridgehead atoms. The summed E-state index contributed by atoms with van der Waals surface area (Å²) >= 11 is 3.47. The third-order valence-corrected chi connectivity index (χ3v) is 4.48. The zero-order chi connectivity index (χ0) is 12.3. The Morgan fingerprint density at radius 3 is 2.47 bits per heavy atom. The Balaban J connectivity index is 2.05. The summed E-state index contributed by atoms with van der Waals surface area (Å²) in [6.45, 7) is 0. The normalized spacial score (nSPS) is 21.1. The van der Waals surface area contributed by atoms with Crippen LogP contribution in [0.5, 0.6) is 0 Å². The van der Waals surface area contributed by atoms with Crippen molar-refractivity contribution in [1.29, 1.82) is 0 Å². The number of hydrogen-bond acceptors (Lipinski definition) is 2. The third kappa shape index (κ3) is 3.09. The molecule has 1 fully saturated rings. The molecule has 0 aromatic heterocycles. The predicted octanol–water partition coefficient (Wildman–Crippen LogP) is 3.05. The van der Waals surface area contributed by atoms with Crippen molar-refractivity contribution >= 4 is 15.9 Å². The van der Waals surface area contributed by atoms with E-state index in [-0.39, 0.29) is 0 Å². The zero-order valence-electron chi connectivity index (χ0n) is 9.90. The highest BCUT2D eigenvalue weighted by Crippen LogP contribution is 2.33. The van der Waals surface area contributed by atoms with Crippen LogP contribution in [0, 0.1) is 0 Å². The molecule has 1 saturated carbocycles. The monoisotopic (exact) mass is 298 g/mol. The minimum absolute atomic E-state index is 0.512. The van der Waals surface area contributed by atoms with Gasteiger partial charge in [0.2, 0.25) is 0 Å². The van der Waals surface area contributed by atoms with Crippen LogP contribution >= 0.6 is 15.9 Å². The van der Waals surface area contributed by atoms with Crippen molar-refractivity contribution in [2.45, 2.75) is 50.2 Å². The molecule has 1 aromatic carbocycles. The van der Waals surface area contributed by atoms with Crippen LogP contribution in [0.1, 0.15) is 37.7 Å². The first kappa shape index (κ1) is 13.1. The molecule has 3 heteroatoms. The van der Waals surface area contributed by atoms with Gasteiger partial charge in [0.05, 0.1) is 11.7 Å². The predicted molar refractivity (Wildman–Crippen MR) is 71.9 cm³/mol. The van der Waals surface area contributed by atoms with Gasteiger partial charge in [-0.15, -0.1) is 0 Å². The fraction of sp³-hybridized carbons (Fsp3) is 0.571. The maximum Gasteiger partial charge on any atom is 0.0908 e. The lowest BCUT2D eigenvalue weighted by Crippen LogP contribution is -2.45. The standard InChI is InChI=1S/C14H19BrO2/c15-12-7-3-2-6-11(12)10-13(16)14(17)8-4-1-5-9-14/h2-3,6-7,13,16-17H,1,4-5,8-10H2. The Morgan fingerprint density at radius 2 is 1.82 bits per heavy atom. The maximum absolute atomic E-state index is 10.4. The number of hydrogen-bond donors (Lipinski definition) is 2. The molecule has 1 aromatic rings. The second kappa shape index (κ2) is 5.51. The quantitative estimate of drug-likeness (QED) is 0.900. The summed E-state index contributed by atoms with van der Waals surface area (Å²) in [5.74, 6) is 0. The molecule has 17 heavy (non-hydrogen) atoms. The van der Waals surface area contributed by atoms with Gasteiger partial charge >= 0.3 is 0 Å². The van der Waals surface area contributed by atoms with Crippen molar-refractivity contribution in [1.82, 2.24) is 0 Å². The van der Waals surface area contributed by atoms with Crippen molar-refractivity contribution in [3.05, 3.63) is 34.3 Å². The van der Waals surface area contributed by atoms with E-state index in [0.717, 1.165) is 35.7 Å². The topological polar surface area (TPSA) is 40.5 Å². The lowest BCUT2D eigenvalue weighted by Gasteiger charge is -2.36. The van der Waals surface area contributed by atoms with Gasteiger partial charge < -0.3 is 10.2 Å². The van der Waals surface area contributed by atoms with Gasteiger partial charge in [0.1, 0.15) is 0 Å². The molecule has 94 valence electrons. The van der Waals surface area contributed by atoms with Crippen LogP contribution < -0.4 is 0 Å². The first-order chi connectivity index (χ1) is 8.12. The molecule has 2 N–H and O–H groups in total. The Kier molecular flexibility index (Phi) is 4.23. The van der Waals surface area contributed by atoms with E-state index >= 15 is 0 Å². The summed E-state index contributed by atoms with van der Waals surface area (Å²) in [6.07, 6.45) is 4.49. The summed E-state index contributed by atoms with van der Waals surface area (Å²) in [5.41, 5.74) is 0.173. The molecule has 1 unspecified atom stereocenters. The lowest BCUT2D eigenvalue weighted by atomic mass is 9.79. The molecule has 2 nitrogen and oxygen atoms in total. The van der Waals surface area contributed by atoms with Gasteiger partial charge in [-0.05, 0) is 24.5 Å². The van der Waals surface area contributed by atoms with Crippen molar-refractivity contribution in [3.8, 4) is 0 Å². The highest BCUT2D eigenvalue weighted by Gasteiger charge is 2.36. The molecule has 0 radical (unpaired) electrons. The second-order valence-corrected chi connectivity index (χ2v) is 5.83. The van der Waals surface area contributed by atoms with E-state index in [4.69, 9.17) is 0 Å². The Hall–Kier alpha value is -0.380. The molecule has 1 aliphatic carbocycles. The largest absolute Gasteiger partial charge is 0.390 e. The van der Waals surface area contributed by atoms with E-state index in [9.17, 15) is 10.2 Å². The zero-order valence-corrected chi connectivity index (χ0v) is 11.5. The Labute approximate surface area is 111 Å². The summed E-state index contributed by atoms with van der Waals surface area (Å²) in [5, 5.41) is 20.7. The fourth-order valence-corrected chi connectivity index (χ4v) is 3.01. The smallest absolute Gasteiger partial charge is 0.0908 e. The molecular formula is C14H19BrO2. The molecular weight excluding hydrogens is 280 g/mol. The van der Waals surface area contributed by atoms with Gasteiger partial charge in [0, 0.05) is 10.9 Å². The lowest BCUT2D eigenvalue weighted by molar-refractivity contribution is -0.0961. The van der Waals surface area contributed by atoms with E-state index in [1.54, 1.807) is 0 Å². The molecule has 0 amide bonds. The van der Waals surface area contributed by atoms with Crippen LogP contribution in [0.25, 0.3) is 0 Å². The third-order valence-electron chi connectivity index (χ3n) is 3.71. The first-order valence-corrected chi connectivity index (χ1v) is 7.05. The summed E-state index contributed by atoms with van der Waals surface area (Å²) in [6, 6.07) is 7.86. The van der Waals surface area contributed by atoms with Gasteiger partial charge in [-0.2, -0.15) is 0 Å². The second-order valence-electron chi connectivity index (χ2n) is 4.98. The minimum Gasteiger partial charge on any atom is -0.390 e. The Morgan fingerprint density at radius 1 is 1.18 bits per heavy atom. The van der Waals surface area contributed by atoms with Crippen molar-refractivity contribution in [3.63, 3.8) is 0 Å². The molecule has 0 spiro atoms. The van der Waals surface area contributed by atoms with Crippen LogP contribution in [0.15, 0.2) is 28.7 Å². The van der Waals surface area contributed by atoms with Crippen molar-refractivity contribution in [2.24, 2.45) is 0 Å². The first-order valence-electron chi connectivity index (χ1n) is 6.26. The molecule has 1 atom stereocenters. The number of halogens is 1. The highest BCUT2D eigenvalue weighted by molar-refractivity contribution is 9.10. The maximum atomic E-state index is 10.4. The van der Waals surface area contributed by atoms with Crippen molar-refractivity contribution < 1.29 is 10.2 Å². The van der Waals surface area contributed by atoms with Crippen LogP contribution in [0.2, 0.25) is 0 Å². The van der Waals surface area contributed by atoms with E-state index in [1.165, 1.54) is 6.42 Å². The van der Waals surface area contributed by atoms with Gasteiger partial charge in [0.25, 0.3) is 0 Å². The van der Waals surface area contributed by atoms with Gasteiger partial charge in [-0.25, -0.2) is 0 Å². The molecule has 2 rings (SSSR count). The minimum atomic E-state index is -0.881. The number of rotatable bonds is 3. The van der Waals surface area contributed by atoms with E-state index < -0.39 is 11.7 Å². The van der Waals surface area contributed by atoms with E-state index in [2.05, 4.69) is 15.9 Å². The van der Waals surface area contributed by atoms with E-state index in [1.807, 2.05) is 24.3 Å². The number of aliphatic hydroxyl groups is 2. The fourth-order valence-electron chi connectivity index (χ4n) is 2.56. The number of benzene rings is 1. The van der Waals surface area contributed by atoms with Gasteiger partial charge in [0.15, 0.2) is 0 Å². The summed E-state index contributed by atoms with van der Waals surface area (Å²) in [4.78, 5) is 0. The van der Waals surface area contributed by atoms with Gasteiger partial charge in [-0.1, -0.05) is 53.4 Å². The van der Waals surface area contributed by atoms with Crippen LogP contribution in [-0.4, -0.2) is 21.9 Å². The average molecular weight is 299 g/mol. The SMILES string of the molecule is OC(Cc1ccccc1Br)C1(O)CCCCC1. The average Bonchev–Trinajstić information content (AvgIpc) is 2.33. The molecule has 0 heterocycles. The summed E-state index contributed by atoms with van der Waals surface area (Å²) < 4.78 is 0.999. The van der Waals surface area contributed by atoms with Gasteiger partial charge in [-0.3, -0.25) is 0 Å². The molecule has 1 aliphatic rings. The Bertz CT molecular complexity index is 372. The summed E-state index contributed by atoms with van der Waals surface area (Å²) in [7, 11) is 0. The van der Waals surface area contributed by atoms with Crippen LogP contribution in [0.4, 0.5) is 0 Å². The van der Waals surface area contributed by atoms with Crippen molar-refractivity contribution in [2.75, 3.05) is 0 Å². The van der Waals surface area contributed by atoms with Crippen LogP contribution in [-0.2, 0) is 6.42 Å². The highest BCUT2D eigenvalue weighted by atomic mass is 79.9. The van der Waals surface area contributed by atoms with Crippen LogP contribution in [0.3, 0.4) is 0 Å². The van der Waals surface area contributed by atoms with E-state index in [0.29, 0.717) is 6.42 Å². The molecule has 0 saturated heterocycles. The number of aliphatic hydroxyl groups excluding tert-OH is 1.